The van der Waals surface area contributed by atoms with Crippen LogP contribution >= 0.6 is 0 Å². The van der Waals surface area contributed by atoms with Crippen molar-refractivity contribution in [3.8, 4) is 5.75 Å². The molecule has 1 amide bonds. The van der Waals surface area contributed by atoms with E-state index in [1.54, 1.807) is 18.3 Å². The molecule has 3 aromatic rings. The maximum atomic E-state index is 12.4. The average molecular weight is 361 g/mol. The first kappa shape index (κ1) is 18.5. The van der Waals surface area contributed by atoms with Gasteiger partial charge in [0.25, 0.3) is 5.91 Å². The van der Waals surface area contributed by atoms with E-state index in [2.05, 4.69) is 15.6 Å². The number of benzene rings is 2. The Labute approximate surface area is 159 Å². The molecule has 3 rings (SSSR count). The highest BCUT2D eigenvalue weighted by Crippen LogP contribution is 2.18. The van der Waals surface area contributed by atoms with Crippen LogP contribution in [0, 0.1) is 0 Å². The van der Waals surface area contributed by atoms with Crippen LogP contribution < -0.4 is 15.4 Å². The molecule has 0 radical (unpaired) electrons. The standard InChI is InChI=1S/C22H23N3O2/c1-16(2)27-20-11-9-19(10-12-20)25-22(26)18-8-13-21(24-15-18)23-14-17-6-4-3-5-7-17/h3-13,15-16H,14H2,1-2H3,(H,23,24)(H,25,26). The van der Waals surface area contributed by atoms with E-state index in [0.717, 1.165) is 11.6 Å². The monoisotopic (exact) mass is 361 g/mol. The molecular formula is C22H23N3O2. The summed E-state index contributed by atoms with van der Waals surface area (Å²) in [5, 5.41) is 6.10. The van der Waals surface area contributed by atoms with Crippen molar-refractivity contribution in [2.45, 2.75) is 26.5 Å². The van der Waals surface area contributed by atoms with Crippen LogP contribution in [0.1, 0.15) is 29.8 Å². The molecule has 0 saturated carbocycles. The number of nitrogens with one attached hydrogen (secondary N) is 2. The lowest BCUT2D eigenvalue weighted by Gasteiger charge is -2.11. The second kappa shape index (κ2) is 8.85. The van der Waals surface area contributed by atoms with Gasteiger partial charge >= 0.3 is 0 Å². The van der Waals surface area contributed by atoms with Gasteiger partial charge in [-0.15, -0.1) is 0 Å². The van der Waals surface area contributed by atoms with Crippen LogP contribution in [0.15, 0.2) is 72.9 Å². The number of amides is 1. The topological polar surface area (TPSA) is 63.2 Å². The first-order valence-electron chi connectivity index (χ1n) is 8.92. The van der Waals surface area contributed by atoms with Gasteiger partial charge in [-0.2, -0.15) is 0 Å². The van der Waals surface area contributed by atoms with Crippen molar-refractivity contribution in [1.29, 1.82) is 0 Å². The lowest BCUT2D eigenvalue weighted by Crippen LogP contribution is -2.12. The Morgan fingerprint density at radius 1 is 1.00 bits per heavy atom. The number of nitrogens with zero attached hydrogens (tertiary/aromatic N) is 1. The molecule has 0 aliphatic carbocycles. The molecule has 1 aromatic heterocycles. The lowest BCUT2D eigenvalue weighted by atomic mass is 10.2. The minimum atomic E-state index is -0.199. The summed E-state index contributed by atoms with van der Waals surface area (Å²) < 4.78 is 5.60. The quantitative estimate of drug-likeness (QED) is 0.638. The SMILES string of the molecule is CC(C)Oc1ccc(NC(=O)c2ccc(NCc3ccccc3)nc2)cc1. The predicted molar refractivity (Wildman–Crippen MR) is 108 cm³/mol. The van der Waals surface area contributed by atoms with Crippen LogP contribution in [0.4, 0.5) is 11.5 Å². The van der Waals surface area contributed by atoms with Gasteiger partial charge in [0.2, 0.25) is 0 Å². The Bertz CT molecular complexity index is 860. The first-order chi connectivity index (χ1) is 13.1. The maximum Gasteiger partial charge on any atom is 0.257 e. The van der Waals surface area contributed by atoms with Gasteiger partial charge in [-0.3, -0.25) is 4.79 Å². The van der Waals surface area contributed by atoms with E-state index >= 15 is 0 Å². The molecule has 2 N–H and O–H groups in total. The summed E-state index contributed by atoms with van der Waals surface area (Å²) in [7, 11) is 0. The van der Waals surface area contributed by atoms with Gasteiger partial charge in [0, 0.05) is 18.4 Å². The molecule has 0 aliphatic heterocycles. The molecule has 0 fully saturated rings. The number of rotatable bonds is 7. The zero-order chi connectivity index (χ0) is 19.1. The van der Waals surface area contributed by atoms with Crippen LogP contribution in [0.25, 0.3) is 0 Å². The fraction of sp³-hybridized carbons (Fsp3) is 0.182. The van der Waals surface area contributed by atoms with Crippen molar-refractivity contribution in [3.05, 3.63) is 84.1 Å². The predicted octanol–water partition coefficient (Wildman–Crippen LogP) is 4.73. The summed E-state index contributed by atoms with van der Waals surface area (Å²) in [6.45, 7) is 4.63. The van der Waals surface area contributed by atoms with E-state index in [1.807, 2.05) is 68.4 Å². The Kier molecular flexibility index (Phi) is 6.05. The zero-order valence-electron chi connectivity index (χ0n) is 15.5. The molecule has 0 spiro atoms. The third kappa shape index (κ3) is 5.57. The van der Waals surface area contributed by atoms with E-state index in [0.29, 0.717) is 17.8 Å². The van der Waals surface area contributed by atoms with E-state index in [-0.39, 0.29) is 12.0 Å². The number of hydrogen-bond acceptors (Lipinski definition) is 4. The normalized spacial score (nSPS) is 10.5. The van der Waals surface area contributed by atoms with Crippen LogP contribution in [0.3, 0.4) is 0 Å². The van der Waals surface area contributed by atoms with Crippen LogP contribution in [-0.2, 0) is 6.54 Å². The number of pyridine rings is 1. The van der Waals surface area contributed by atoms with Crippen LogP contribution in [-0.4, -0.2) is 17.0 Å². The van der Waals surface area contributed by atoms with Crippen LogP contribution in [0.2, 0.25) is 0 Å². The molecule has 5 nitrogen and oxygen atoms in total. The third-order valence-corrected chi connectivity index (χ3v) is 3.83. The van der Waals surface area contributed by atoms with Crippen LogP contribution in [0.5, 0.6) is 5.75 Å². The number of hydrogen-bond donors (Lipinski definition) is 2. The largest absolute Gasteiger partial charge is 0.491 e. The van der Waals surface area contributed by atoms with Crippen molar-refractivity contribution < 1.29 is 9.53 Å². The highest BCUT2D eigenvalue weighted by atomic mass is 16.5. The maximum absolute atomic E-state index is 12.4. The number of ether oxygens (including phenoxy) is 1. The van der Waals surface area contributed by atoms with E-state index in [1.165, 1.54) is 5.56 Å². The number of carbonyl (C=O) groups is 1. The molecule has 0 unspecified atom stereocenters. The second-order valence-corrected chi connectivity index (χ2v) is 6.42. The van der Waals surface area contributed by atoms with Gasteiger partial charge in [-0.05, 0) is 55.8 Å². The molecule has 5 heteroatoms. The number of aromatic nitrogens is 1. The third-order valence-electron chi connectivity index (χ3n) is 3.83. The molecule has 0 atom stereocenters. The Morgan fingerprint density at radius 3 is 2.37 bits per heavy atom. The molecule has 0 saturated heterocycles. The minimum Gasteiger partial charge on any atom is -0.491 e. The van der Waals surface area contributed by atoms with Crippen molar-refractivity contribution in [2.75, 3.05) is 10.6 Å². The fourth-order valence-electron chi connectivity index (χ4n) is 2.51. The zero-order valence-corrected chi connectivity index (χ0v) is 15.5. The summed E-state index contributed by atoms with van der Waals surface area (Å²) in [6, 6.07) is 21.0. The Morgan fingerprint density at radius 2 is 1.74 bits per heavy atom. The first-order valence-corrected chi connectivity index (χ1v) is 8.92. The summed E-state index contributed by atoms with van der Waals surface area (Å²) in [5.74, 6) is 1.30. The average Bonchev–Trinajstić information content (AvgIpc) is 2.69. The molecule has 27 heavy (non-hydrogen) atoms. The summed E-state index contributed by atoms with van der Waals surface area (Å²) in [6.07, 6.45) is 1.68. The Balaban J connectivity index is 1.55. The number of anilines is 2. The van der Waals surface area contributed by atoms with Crippen molar-refractivity contribution >= 4 is 17.4 Å². The van der Waals surface area contributed by atoms with Gasteiger partial charge in [-0.1, -0.05) is 30.3 Å². The molecule has 1 heterocycles. The summed E-state index contributed by atoms with van der Waals surface area (Å²) in [5.41, 5.74) is 2.39. The van der Waals surface area contributed by atoms with Gasteiger partial charge in [0.1, 0.15) is 11.6 Å². The molecule has 138 valence electrons. The molecular weight excluding hydrogens is 338 g/mol. The van der Waals surface area contributed by atoms with E-state index in [4.69, 9.17) is 4.74 Å². The van der Waals surface area contributed by atoms with Gasteiger partial charge in [0.05, 0.1) is 11.7 Å². The smallest absolute Gasteiger partial charge is 0.257 e. The fourth-order valence-corrected chi connectivity index (χ4v) is 2.51. The second-order valence-electron chi connectivity index (χ2n) is 6.42. The van der Waals surface area contributed by atoms with E-state index < -0.39 is 0 Å². The summed E-state index contributed by atoms with van der Waals surface area (Å²) in [4.78, 5) is 16.7. The minimum absolute atomic E-state index is 0.116. The highest BCUT2D eigenvalue weighted by Gasteiger charge is 2.07. The Hall–Kier alpha value is -3.34. The lowest BCUT2D eigenvalue weighted by molar-refractivity contribution is 0.102. The van der Waals surface area contributed by atoms with E-state index in [9.17, 15) is 4.79 Å². The van der Waals surface area contributed by atoms with Gasteiger partial charge in [-0.25, -0.2) is 4.98 Å². The molecule has 2 aromatic carbocycles. The molecule has 0 aliphatic rings. The summed E-state index contributed by atoms with van der Waals surface area (Å²) >= 11 is 0. The van der Waals surface area contributed by atoms with Crippen molar-refractivity contribution in [1.82, 2.24) is 4.98 Å². The van der Waals surface area contributed by atoms with Crippen molar-refractivity contribution in [2.24, 2.45) is 0 Å². The number of carbonyl (C=O) groups excluding carboxylic acids is 1. The van der Waals surface area contributed by atoms with Gasteiger partial charge < -0.3 is 15.4 Å². The highest BCUT2D eigenvalue weighted by molar-refractivity contribution is 6.04. The van der Waals surface area contributed by atoms with Gasteiger partial charge in [0.15, 0.2) is 0 Å². The molecule has 0 bridgehead atoms. The van der Waals surface area contributed by atoms with Crippen molar-refractivity contribution in [3.63, 3.8) is 0 Å².